The van der Waals surface area contributed by atoms with Crippen molar-refractivity contribution in [2.45, 2.75) is 83.1 Å². The fourth-order valence-electron chi connectivity index (χ4n) is 5.08. The molecular formula is C22H35N. The van der Waals surface area contributed by atoms with Gasteiger partial charge in [-0.2, -0.15) is 0 Å². The Kier molecular flexibility index (Phi) is 6.16. The molecule has 0 radical (unpaired) electrons. The molecule has 1 nitrogen and oxygen atoms in total. The van der Waals surface area contributed by atoms with Crippen LogP contribution >= 0.6 is 0 Å². The van der Waals surface area contributed by atoms with Crippen LogP contribution in [0.3, 0.4) is 0 Å². The lowest BCUT2D eigenvalue weighted by molar-refractivity contribution is 0.225. The van der Waals surface area contributed by atoms with Gasteiger partial charge in [-0.05, 0) is 82.2 Å². The van der Waals surface area contributed by atoms with Crippen molar-refractivity contribution < 1.29 is 0 Å². The third kappa shape index (κ3) is 4.59. The summed E-state index contributed by atoms with van der Waals surface area (Å²) in [4.78, 5) is 0. The molecule has 0 spiro atoms. The van der Waals surface area contributed by atoms with Gasteiger partial charge in [0, 0.05) is 6.04 Å². The maximum atomic E-state index is 3.48. The van der Waals surface area contributed by atoms with E-state index in [2.05, 4.69) is 43.6 Å². The van der Waals surface area contributed by atoms with E-state index in [4.69, 9.17) is 0 Å². The molecule has 0 heterocycles. The second-order valence-corrected chi connectivity index (χ2v) is 8.16. The van der Waals surface area contributed by atoms with Gasteiger partial charge in [0.1, 0.15) is 0 Å². The number of hydrogen-bond acceptors (Lipinski definition) is 1. The van der Waals surface area contributed by atoms with E-state index in [-0.39, 0.29) is 0 Å². The average molecular weight is 314 g/mol. The van der Waals surface area contributed by atoms with Gasteiger partial charge < -0.3 is 5.32 Å². The molecule has 1 heteroatoms. The number of nitrogens with one attached hydrogen (secondary N) is 1. The maximum Gasteiger partial charge on any atom is 0.00642 e. The zero-order valence-electron chi connectivity index (χ0n) is 15.2. The predicted octanol–water partition coefficient (Wildman–Crippen LogP) is 5.83. The lowest BCUT2D eigenvalue weighted by Crippen LogP contribution is -2.31. The summed E-state index contributed by atoms with van der Waals surface area (Å²) >= 11 is 0. The zero-order valence-corrected chi connectivity index (χ0v) is 15.2. The molecule has 2 saturated carbocycles. The van der Waals surface area contributed by atoms with E-state index in [1.165, 1.54) is 69.8 Å². The second kappa shape index (κ2) is 8.33. The largest absolute Gasteiger partial charge is 0.317 e. The summed E-state index contributed by atoms with van der Waals surface area (Å²) in [6.07, 6.45) is 14.4. The molecule has 1 N–H and O–H groups in total. The fraction of sp³-hybridized carbons (Fsp3) is 0.727. The van der Waals surface area contributed by atoms with Gasteiger partial charge >= 0.3 is 0 Å². The second-order valence-electron chi connectivity index (χ2n) is 8.16. The standard InChI is InChI=1S/C22H35N/c1-17-7-6-10-20(15-17)22(19-8-4-3-5-9-19)16-18-11-13-21(23-2)14-12-18/h6-7,10,15,18-19,21-23H,3-5,8-9,11-14,16H2,1-2H3. The highest BCUT2D eigenvalue weighted by molar-refractivity contribution is 5.26. The van der Waals surface area contributed by atoms with Crippen molar-refractivity contribution in [3.05, 3.63) is 35.4 Å². The zero-order chi connectivity index (χ0) is 16.1. The van der Waals surface area contributed by atoms with E-state index in [0.717, 1.165) is 23.8 Å². The van der Waals surface area contributed by atoms with Crippen molar-refractivity contribution >= 4 is 0 Å². The highest BCUT2D eigenvalue weighted by Gasteiger charge is 2.29. The maximum absolute atomic E-state index is 3.48. The van der Waals surface area contributed by atoms with Crippen LogP contribution in [0.25, 0.3) is 0 Å². The first-order chi connectivity index (χ1) is 11.3. The van der Waals surface area contributed by atoms with E-state index >= 15 is 0 Å². The number of rotatable bonds is 5. The Hall–Kier alpha value is -0.820. The summed E-state index contributed by atoms with van der Waals surface area (Å²) < 4.78 is 0. The molecule has 3 rings (SSSR count). The summed E-state index contributed by atoms with van der Waals surface area (Å²) in [5, 5.41) is 3.48. The minimum Gasteiger partial charge on any atom is -0.317 e. The van der Waals surface area contributed by atoms with Crippen LogP contribution in [-0.2, 0) is 0 Å². The first kappa shape index (κ1) is 17.0. The topological polar surface area (TPSA) is 12.0 Å². The molecule has 0 saturated heterocycles. The Morgan fingerprint density at radius 2 is 1.74 bits per heavy atom. The normalized spacial score (nSPS) is 27.7. The van der Waals surface area contributed by atoms with Gasteiger partial charge in [0.05, 0.1) is 0 Å². The van der Waals surface area contributed by atoms with Gasteiger partial charge in [0.2, 0.25) is 0 Å². The molecule has 128 valence electrons. The van der Waals surface area contributed by atoms with Crippen LogP contribution in [-0.4, -0.2) is 13.1 Å². The third-order valence-electron chi connectivity index (χ3n) is 6.53. The Morgan fingerprint density at radius 1 is 1.00 bits per heavy atom. The SMILES string of the molecule is CNC1CCC(CC(c2cccc(C)c2)C2CCCCC2)CC1. The van der Waals surface area contributed by atoms with E-state index in [1.807, 2.05) is 0 Å². The fourth-order valence-corrected chi connectivity index (χ4v) is 5.08. The molecule has 1 aromatic carbocycles. The first-order valence-electron chi connectivity index (χ1n) is 10.00. The van der Waals surface area contributed by atoms with E-state index in [9.17, 15) is 0 Å². The van der Waals surface area contributed by atoms with Crippen molar-refractivity contribution in [2.75, 3.05) is 7.05 Å². The van der Waals surface area contributed by atoms with E-state index in [1.54, 1.807) is 5.56 Å². The highest BCUT2D eigenvalue weighted by Crippen LogP contribution is 2.42. The first-order valence-corrected chi connectivity index (χ1v) is 10.00. The lowest BCUT2D eigenvalue weighted by Gasteiger charge is -2.36. The minimum absolute atomic E-state index is 0.776. The van der Waals surface area contributed by atoms with Gasteiger partial charge in [-0.25, -0.2) is 0 Å². The van der Waals surface area contributed by atoms with Gasteiger partial charge in [0.25, 0.3) is 0 Å². The van der Waals surface area contributed by atoms with Gasteiger partial charge in [-0.1, -0.05) is 49.1 Å². The smallest absolute Gasteiger partial charge is 0.00642 e. The van der Waals surface area contributed by atoms with Crippen LogP contribution in [0.2, 0.25) is 0 Å². The van der Waals surface area contributed by atoms with Crippen molar-refractivity contribution in [1.82, 2.24) is 5.32 Å². The molecular weight excluding hydrogens is 278 g/mol. The van der Waals surface area contributed by atoms with E-state index < -0.39 is 0 Å². The Bertz CT molecular complexity index is 467. The van der Waals surface area contributed by atoms with Crippen molar-refractivity contribution in [3.8, 4) is 0 Å². The van der Waals surface area contributed by atoms with Gasteiger partial charge in [0.15, 0.2) is 0 Å². The van der Waals surface area contributed by atoms with Crippen molar-refractivity contribution in [2.24, 2.45) is 11.8 Å². The van der Waals surface area contributed by atoms with Crippen LogP contribution in [0.15, 0.2) is 24.3 Å². The monoisotopic (exact) mass is 313 g/mol. The quantitative estimate of drug-likeness (QED) is 0.721. The molecule has 1 unspecified atom stereocenters. The lowest BCUT2D eigenvalue weighted by atomic mass is 9.70. The van der Waals surface area contributed by atoms with Crippen molar-refractivity contribution in [3.63, 3.8) is 0 Å². The number of hydrogen-bond donors (Lipinski definition) is 1. The summed E-state index contributed by atoms with van der Waals surface area (Å²) in [7, 11) is 2.13. The number of benzene rings is 1. The Balaban J connectivity index is 1.70. The van der Waals surface area contributed by atoms with Crippen LogP contribution in [0.4, 0.5) is 0 Å². The molecule has 0 aromatic heterocycles. The molecule has 0 bridgehead atoms. The van der Waals surface area contributed by atoms with Crippen LogP contribution in [0.1, 0.15) is 81.3 Å². The minimum atomic E-state index is 0.776. The predicted molar refractivity (Wildman–Crippen MR) is 99.9 cm³/mol. The summed E-state index contributed by atoms with van der Waals surface area (Å²) in [6, 6.07) is 10.2. The molecule has 2 aliphatic carbocycles. The molecule has 1 aromatic rings. The molecule has 23 heavy (non-hydrogen) atoms. The Morgan fingerprint density at radius 3 is 2.39 bits per heavy atom. The van der Waals surface area contributed by atoms with Gasteiger partial charge in [-0.15, -0.1) is 0 Å². The third-order valence-corrected chi connectivity index (χ3v) is 6.53. The van der Waals surface area contributed by atoms with Crippen molar-refractivity contribution in [1.29, 1.82) is 0 Å². The molecule has 0 amide bonds. The van der Waals surface area contributed by atoms with Crippen LogP contribution in [0.5, 0.6) is 0 Å². The summed E-state index contributed by atoms with van der Waals surface area (Å²) in [5.41, 5.74) is 3.06. The molecule has 2 fully saturated rings. The van der Waals surface area contributed by atoms with Crippen LogP contribution in [0, 0.1) is 18.8 Å². The van der Waals surface area contributed by atoms with Crippen LogP contribution < -0.4 is 5.32 Å². The summed E-state index contributed by atoms with van der Waals surface area (Å²) in [6.45, 7) is 2.25. The number of aryl methyl sites for hydroxylation is 1. The molecule has 0 aliphatic heterocycles. The Labute approximate surface area is 143 Å². The average Bonchev–Trinajstić information content (AvgIpc) is 2.61. The summed E-state index contributed by atoms with van der Waals surface area (Å²) in [5.74, 6) is 2.70. The molecule has 2 aliphatic rings. The van der Waals surface area contributed by atoms with Gasteiger partial charge in [-0.3, -0.25) is 0 Å². The molecule has 1 atom stereocenters. The highest BCUT2D eigenvalue weighted by atomic mass is 14.9. The van der Waals surface area contributed by atoms with E-state index in [0.29, 0.717) is 0 Å².